The summed E-state index contributed by atoms with van der Waals surface area (Å²) in [6, 6.07) is 0. The van der Waals surface area contributed by atoms with Crippen LogP contribution < -0.4 is 0 Å². The Labute approximate surface area is 105 Å². The van der Waals surface area contributed by atoms with Crippen LogP contribution in [0.1, 0.15) is 11.1 Å². The van der Waals surface area contributed by atoms with E-state index in [-0.39, 0.29) is 11.9 Å². The van der Waals surface area contributed by atoms with E-state index in [0.29, 0.717) is 13.2 Å². The zero-order valence-corrected chi connectivity index (χ0v) is 11.3. The predicted molar refractivity (Wildman–Crippen MR) is 67.0 cm³/mol. The van der Waals surface area contributed by atoms with Crippen molar-refractivity contribution in [1.29, 1.82) is 0 Å². The summed E-state index contributed by atoms with van der Waals surface area (Å²) in [5.74, 6) is 0.206. The average molecular weight is 276 g/mol. The van der Waals surface area contributed by atoms with Gasteiger partial charge in [0, 0.05) is 37.5 Å². The molecule has 96 valence electrons. The molecule has 0 saturated carbocycles. The molecule has 0 aliphatic carbocycles. The van der Waals surface area contributed by atoms with Crippen LogP contribution in [0.2, 0.25) is 0 Å². The van der Waals surface area contributed by atoms with E-state index in [0.717, 1.165) is 18.1 Å². The summed E-state index contributed by atoms with van der Waals surface area (Å²) in [4.78, 5) is 6.35. The molecule has 1 saturated heterocycles. The van der Waals surface area contributed by atoms with Crippen LogP contribution in [0.15, 0.2) is 11.6 Å². The molecule has 0 amide bonds. The van der Waals surface area contributed by atoms with Gasteiger partial charge in [-0.05, 0) is 0 Å². The third-order valence-corrected chi connectivity index (χ3v) is 4.45. The number of thiazole rings is 1. The Morgan fingerprint density at radius 1 is 1.65 bits per heavy atom. The Bertz CT molecular complexity index is 444. The Morgan fingerprint density at radius 3 is 3.12 bits per heavy atom. The van der Waals surface area contributed by atoms with Crippen molar-refractivity contribution in [3.63, 3.8) is 0 Å². The number of hydrogen-bond donors (Lipinski definition) is 0. The fourth-order valence-electron chi connectivity index (χ4n) is 1.74. The summed E-state index contributed by atoms with van der Waals surface area (Å²) >= 11 is 1.57. The maximum Gasteiger partial charge on any atom is 0.148 e. The third kappa shape index (κ3) is 4.02. The Hall–Kier alpha value is -0.500. The minimum absolute atomic E-state index is 0.0108. The molecule has 1 aliphatic heterocycles. The van der Waals surface area contributed by atoms with Crippen molar-refractivity contribution in [3.05, 3.63) is 16.6 Å². The van der Waals surface area contributed by atoms with E-state index in [1.54, 1.807) is 17.5 Å². The summed E-state index contributed by atoms with van der Waals surface area (Å²) in [7, 11) is -2.89. The largest absolute Gasteiger partial charge is 0.368 e. The van der Waals surface area contributed by atoms with Gasteiger partial charge in [-0.3, -0.25) is 4.90 Å². The summed E-state index contributed by atoms with van der Waals surface area (Å²) in [6.07, 6.45) is 3.02. The molecule has 0 aromatic carbocycles. The molecule has 1 atom stereocenters. The van der Waals surface area contributed by atoms with E-state index >= 15 is 0 Å². The highest BCUT2D eigenvalue weighted by Crippen LogP contribution is 2.23. The number of morpholine rings is 1. The van der Waals surface area contributed by atoms with E-state index < -0.39 is 9.84 Å². The van der Waals surface area contributed by atoms with Gasteiger partial charge in [-0.2, -0.15) is 0 Å². The first-order valence-electron chi connectivity index (χ1n) is 5.46. The smallest absolute Gasteiger partial charge is 0.148 e. The van der Waals surface area contributed by atoms with Gasteiger partial charge in [0.2, 0.25) is 0 Å². The standard InChI is InChI=1S/C10H16N2O3S2/c1-17(13,14)7-4-12-3-5-15-9(8-12)10-11-2-6-16-10/h2,6,9H,3-5,7-8H2,1H3/t9-/m1/s1. The van der Waals surface area contributed by atoms with Crippen LogP contribution in [0.3, 0.4) is 0 Å². The lowest BCUT2D eigenvalue weighted by molar-refractivity contribution is -0.0279. The first kappa shape index (κ1) is 12.9. The molecule has 1 aromatic heterocycles. The fourth-order valence-corrected chi connectivity index (χ4v) is 3.01. The minimum Gasteiger partial charge on any atom is -0.368 e. The Balaban J connectivity index is 1.89. The van der Waals surface area contributed by atoms with Crippen molar-refractivity contribution >= 4 is 21.2 Å². The van der Waals surface area contributed by atoms with Crippen molar-refractivity contribution in [2.45, 2.75) is 6.10 Å². The topological polar surface area (TPSA) is 59.5 Å². The van der Waals surface area contributed by atoms with Crippen LogP contribution in [-0.4, -0.2) is 56.6 Å². The second-order valence-electron chi connectivity index (χ2n) is 4.16. The summed E-state index contributed by atoms with van der Waals surface area (Å²) < 4.78 is 27.9. The molecule has 1 fully saturated rings. The van der Waals surface area contributed by atoms with Crippen molar-refractivity contribution in [2.24, 2.45) is 0 Å². The first-order chi connectivity index (χ1) is 8.04. The molecule has 2 heterocycles. The number of sulfone groups is 1. The van der Waals surface area contributed by atoms with Crippen LogP contribution in [0.4, 0.5) is 0 Å². The molecule has 1 aromatic rings. The first-order valence-corrected chi connectivity index (χ1v) is 8.40. The minimum atomic E-state index is -2.89. The van der Waals surface area contributed by atoms with Crippen molar-refractivity contribution in [3.8, 4) is 0 Å². The van der Waals surface area contributed by atoms with Crippen molar-refractivity contribution < 1.29 is 13.2 Å². The van der Waals surface area contributed by atoms with Crippen LogP contribution in [0, 0.1) is 0 Å². The summed E-state index contributed by atoms with van der Waals surface area (Å²) in [5.41, 5.74) is 0. The molecule has 0 unspecified atom stereocenters. The Morgan fingerprint density at radius 2 is 2.47 bits per heavy atom. The predicted octanol–water partition coefficient (Wildman–Crippen LogP) is 0.561. The maximum atomic E-state index is 11.1. The molecule has 2 rings (SSSR count). The van der Waals surface area contributed by atoms with Gasteiger partial charge in [0.05, 0.1) is 12.4 Å². The number of rotatable bonds is 4. The number of nitrogens with zero attached hydrogens (tertiary/aromatic N) is 2. The lowest BCUT2D eigenvalue weighted by atomic mass is 10.3. The average Bonchev–Trinajstić information content (AvgIpc) is 2.79. The van der Waals surface area contributed by atoms with Crippen LogP contribution >= 0.6 is 11.3 Å². The van der Waals surface area contributed by atoms with Gasteiger partial charge in [-0.15, -0.1) is 11.3 Å². The number of aromatic nitrogens is 1. The van der Waals surface area contributed by atoms with Crippen LogP contribution in [-0.2, 0) is 14.6 Å². The number of ether oxygens (including phenoxy) is 1. The van der Waals surface area contributed by atoms with Gasteiger partial charge in [-0.1, -0.05) is 0 Å². The fraction of sp³-hybridized carbons (Fsp3) is 0.700. The van der Waals surface area contributed by atoms with E-state index in [1.807, 2.05) is 5.38 Å². The van der Waals surface area contributed by atoms with Gasteiger partial charge in [0.1, 0.15) is 20.9 Å². The molecule has 0 bridgehead atoms. The van der Waals surface area contributed by atoms with Crippen molar-refractivity contribution in [2.75, 3.05) is 38.2 Å². The maximum absolute atomic E-state index is 11.1. The van der Waals surface area contributed by atoms with Gasteiger partial charge < -0.3 is 4.74 Å². The van der Waals surface area contributed by atoms with Crippen LogP contribution in [0.25, 0.3) is 0 Å². The molecule has 0 N–H and O–H groups in total. The highest BCUT2D eigenvalue weighted by Gasteiger charge is 2.24. The lowest BCUT2D eigenvalue weighted by Gasteiger charge is -2.31. The van der Waals surface area contributed by atoms with E-state index in [9.17, 15) is 8.42 Å². The highest BCUT2D eigenvalue weighted by molar-refractivity contribution is 7.90. The molecule has 1 aliphatic rings. The molecule has 5 nitrogen and oxygen atoms in total. The second-order valence-corrected chi connectivity index (χ2v) is 7.35. The highest BCUT2D eigenvalue weighted by atomic mass is 32.2. The zero-order valence-electron chi connectivity index (χ0n) is 9.70. The zero-order chi connectivity index (χ0) is 12.3. The molecule has 0 spiro atoms. The molecular weight excluding hydrogens is 260 g/mol. The molecule has 7 heteroatoms. The van der Waals surface area contributed by atoms with Gasteiger partial charge in [-0.25, -0.2) is 13.4 Å². The molecule has 0 radical (unpaired) electrons. The van der Waals surface area contributed by atoms with E-state index in [2.05, 4.69) is 9.88 Å². The molecular formula is C10H16N2O3S2. The summed E-state index contributed by atoms with van der Waals surface area (Å²) in [5, 5.41) is 2.89. The SMILES string of the molecule is CS(=O)(=O)CCN1CCO[C@@H](c2nccs2)C1. The quantitative estimate of drug-likeness (QED) is 0.804. The van der Waals surface area contributed by atoms with Crippen LogP contribution in [0.5, 0.6) is 0 Å². The second kappa shape index (κ2) is 5.43. The summed E-state index contributed by atoms with van der Waals surface area (Å²) in [6.45, 7) is 2.72. The van der Waals surface area contributed by atoms with Gasteiger partial charge >= 0.3 is 0 Å². The van der Waals surface area contributed by atoms with Crippen molar-refractivity contribution in [1.82, 2.24) is 9.88 Å². The van der Waals surface area contributed by atoms with E-state index in [4.69, 9.17) is 4.74 Å². The number of hydrogen-bond acceptors (Lipinski definition) is 6. The van der Waals surface area contributed by atoms with E-state index in [1.165, 1.54) is 6.26 Å². The van der Waals surface area contributed by atoms with Gasteiger partial charge in [0.25, 0.3) is 0 Å². The van der Waals surface area contributed by atoms with Gasteiger partial charge in [0.15, 0.2) is 0 Å². The molecule has 17 heavy (non-hydrogen) atoms. The third-order valence-electron chi connectivity index (χ3n) is 2.66. The Kier molecular flexibility index (Phi) is 4.13. The lowest BCUT2D eigenvalue weighted by Crippen LogP contribution is -2.40. The normalized spacial score (nSPS) is 22.8. The monoisotopic (exact) mass is 276 g/mol.